The van der Waals surface area contributed by atoms with Crippen LogP contribution in [0.25, 0.3) is 0 Å². The van der Waals surface area contributed by atoms with Crippen LogP contribution in [0.15, 0.2) is 36.4 Å². The number of aromatic nitrogens is 3. The topological polar surface area (TPSA) is 42.7 Å². The molecule has 3 aromatic rings. The second kappa shape index (κ2) is 11.0. The van der Waals surface area contributed by atoms with Crippen LogP contribution in [0.1, 0.15) is 99.1 Å². The van der Waals surface area contributed by atoms with Crippen molar-refractivity contribution in [1.29, 1.82) is 0 Å². The largest absolute Gasteiger partial charge is 0.370 e. The third-order valence-corrected chi connectivity index (χ3v) is 7.62. The van der Waals surface area contributed by atoms with E-state index >= 15 is 0 Å². The average molecular weight is 473 g/mol. The Morgan fingerprint density at radius 3 is 2.60 bits per heavy atom. The van der Waals surface area contributed by atoms with E-state index in [1.807, 2.05) is 0 Å². The van der Waals surface area contributed by atoms with Crippen molar-refractivity contribution in [2.75, 3.05) is 11.9 Å². The maximum atomic E-state index is 4.91. The van der Waals surface area contributed by atoms with E-state index in [-0.39, 0.29) is 5.41 Å². The second-order valence-corrected chi connectivity index (χ2v) is 11.3. The summed E-state index contributed by atoms with van der Waals surface area (Å²) < 4.78 is 2.09. The van der Waals surface area contributed by atoms with Crippen LogP contribution in [0.2, 0.25) is 0 Å². The fourth-order valence-electron chi connectivity index (χ4n) is 5.37. The summed E-state index contributed by atoms with van der Waals surface area (Å²) in [5.41, 5.74) is 9.70. The van der Waals surface area contributed by atoms with Gasteiger partial charge in [-0.1, -0.05) is 58.9 Å². The Morgan fingerprint density at radius 1 is 1.03 bits per heavy atom. The van der Waals surface area contributed by atoms with Crippen LogP contribution < -0.4 is 5.32 Å². The minimum Gasteiger partial charge on any atom is -0.370 e. The second-order valence-electron chi connectivity index (χ2n) is 11.3. The van der Waals surface area contributed by atoms with E-state index in [2.05, 4.69) is 88.1 Å². The molecular formula is C31H44N4. The number of anilines is 1. The first-order valence-corrected chi connectivity index (χ1v) is 13.7. The smallest absolute Gasteiger partial charge is 0.129 e. The molecule has 1 unspecified atom stereocenters. The van der Waals surface area contributed by atoms with Gasteiger partial charge in [-0.25, -0.2) is 4.98 Å². The fraction of sp³-hybridized carbons (Fsp3) is 0.548. The first-order valence-electron chi connectivity index (χ1n) is 13.7. The monoisotopic (exact) mass is 472 g/mol. The molecule has 0 aliphatic carbocycles. The van der Waals surface area contributed by atoms with E-state index in [1.54, 1.807) is 0 Å². The Labute approximate surface area is 212 Å². The van der Waals surface area contributed by atoms with E-state index in [0.717, 1.165) is 57.3 Å². The summed E-state index contributed by atoms with van der Waals surface area (Å²) in [5, 5.41) is 8.36. The summed E-state index contributed by atoms with van der Waals surface area (Å²) in [7, 11) is 2.09. The van der Waals surface area contributed by atoms with E-state index in [4.69, 9.17) is 10.1 Å². The van der Waals surface area contributed by atoms with Crippen LogP contribution in [0.4, 0.5) is 5.82 Å². The number of fused-ring (bicyclic) bond motifs is 1. The summed E-state index contributed by atoms with van der Waals surface area (Å²) in [5.74, 6) is 1.61. The van der Waals surface area contributed by atoms with Gasteiger partial charge < -0.3 is 5.32 Å². The van der Waals surface area contributed by atoms with Crippen molar-refractivity contribution in [3.63, 3.8) is 0 Å². The van der Waals surface area contributed by atoms with Crippen molar-refractivity contribution in [2.45, 2.75) is 97.3 Å². The van der Waals surface area contributed by atoms with Crippen LogP contribution in [0, 0.1) is 0 Å². The molecule has 4 nitrogen and oxygen atoms in total. The lowest BCUT2D eigenvalue weighted by Crippen LogP contribution is -2.14. The Morgan fingerprint density at radius 2 is 1.86 bits per heavy atom. The molecule has 4 heteroatoms. The van der Waals surface area contributed by atoms with Crippen LogP contribution in [0.3, 0.4) is 0 Å². The molecule has 35 heavy (non-hydrogen) atoms. The highest BCUT2D eigenvalue weighted by Crippen LogP contribution is 2.32. The number of rotatable bonds is 9. The zero-order valence-corrected chi connectivity index (χ0v) is 22.7. The number of pyridine rings is 1. The van der Waals surface area contributed by atoms with Gasteiger partial charge in [-0.05, 0) is 97.1 Å². The zero-order valence-electron chi connectivity index (χ0n) is 22.7. The number of nitrogens with zero attached hydrogens (tertiary/aromatic N) is 3. The van der Waals surface area contributed by atoms with Crippen LogP contribution >= 0.6 is 0 Å². The standard InChI is InChI=1S/C31H44N4/c1-7-22-19-25(31(3,4)5)15-17-29(22)23(8-2)20-27-21-28(35(6)34-27)13-9-12-26-16-14-24-11-10-18-32-30(24)33-26/h14-17,19,21,23H,7-13,18,20H2,1-6H3,(H,32,33). The quantitative estimate of drug-likeness (QED) is 0.367. The molecule has 0 radical (unpaired) electrons. The van der Waals surface area contributed by atoms with Crippen molar-refractivity contribution >= 4 is 5.82 Å². The van der Waals surface area contributed by atoms with Crippen molar-refractivity contribution in [3.8, 4) is 0 Å². The van der Waals surface area contributed by atoms with Gasteiger partial charge in [0.15, 0.2) is 0 Å². The molecular weight excluding hydrogens is 428 g/mol. The van der Waals surface area contributed by atoms with E-state index in [9.17, 15) is 0 Å². The highest BCUT2D eigenvalue weighted by Gasteiger charge is 2.20. The third-order valence-electron chi connectivity index (χ3n) is 7.62. The summed E-state index contributed by atoms with van der Waals surface area (Å²) in [6.07, 6.45) is 8.70. The Balaban J connectivity index is 1.40. The van der Waals surface area contributed by atoms with Gasteiger partial charge in [0.2, 0.25) is 0 Å². The van der Waals surface area contributed by atoms with Gasteiger partial charge in [0.1, 0.15) is 5.82 Å². The molecule has 1 aliphatic rings. The van der Waals surface area contributed by atoms with Crippen LogP contribution in [-0.2, 0) is 44.6 Å². The molecule has 1 atom stereocenters. The molecule has 1 aliphatic heterocycles. The molecule has 4 rings (SSSR count). The molecule has 2 aromatic heterocycles. The lowest BCUT2D eigenvalue weighted by Gasteiger charge is -2.24. The molecule has 188 valence electrons. The van der Waals surface area contributed by atoms with Crippen molar-refractivity contribution < 1.29 is 0 Å². The first-order chi connectivity index (χ1) is 16.8. The number of aryl methyl sites for hydroxylation is 5. The molecule has 1 aromatic carbocycles. The summed E-state index contributed by atoms with van der Waals surface area (Å²) >= 11 is 0. The molecule has 0 fully saturated rings. The fourth-order valence-corrected chi connectivity index (χ4v) is 5.37. The van der Waals surface area contributed by atoms with E-state index < -0.39 is 0 Å². The molecule has 0 spiro atoms. The zero-order chi connectivity index (χ0) is 25.0. The van der Waals surface area contributed by atoms with Gasteiger partial charge in [-0.15, -0.1) is 0 Å². The molecule has 0 saturated heterocycles. The van der Waals surface area contributed by atoms with Gasteiger partial charge in [-0.3, -0.25) is 4.68 Å². The predicted molar refractivity (Wildman–Crippen MR) is 148 cm³/mol. The van der Waals surface area contributed by atoms with Crippen molar-refractivity contribution in [1.82, 2.24) is 14.8 Å². The third kappa shape index (κ3) is 6.15. The maximum absolute atomic E-state index is 4.91. The highest BCUT2D eigenvalue weighted by molar-refractivity contribution is 5.47. The number of hydrogen-bond donors (Lipinski definition) is 1. The van der Waals surface area contributed by atoms with Gasteiger partial charge in [0.25, 0.3) is 0 Å². The summed E-state index contributed by atoms with van der Waals surface area (Å²) in [6, 6.07) is 14.0. The Kier molecular flexibility index (Phi) is 7.98. The molecule has 0 saturated carbocycles. The molecule has 0 amide bonds. The van der Waals surface area contributed by atoms with Gasteiger partial charge in [-0.2, -0.15) is 5.10 Å². The van der Waals surface area contributed by atoms with Crippen LogP contribution in [0.5, 0.6) is 0 Å². The minimum atomic E-state index is 0.186. The van der Waals surface area contributed by atoms with Crippen molar-refractivity contribution in [3.05, 3.63) is 75.7 Å². The minimum absolute atomic E-state index is 0.186. The number of benzene rings is 1. The van der Waals surface area contributed by atoms with Gasteiger partial charge in [0.05, 0.1) is 5.69 Å². The normalized spacial score (nSPS) is 14.5. The molecule has 0 bridgehead atoms. The summed E-state index contributed by atoms with van der Waals surface area (Å²) in [6.45, 7) is 12.5. The number of nitrogens with one attached hydrogen (secondary N) is 1. The predicted octanol–water partition coefficient (Wildman–Crippen LogP) is 6.94. The van der Waals surface area contributed by atoms with Gasteiger partial charge in [0, 0.05) is 25.0 Å². The van der Waals surface area contributed by atoms with Crippen LogP contribution in [-0.4, -0.2) is 21.3 Å². The van der Waals surface area contributed by atoms with Gasteiger partial charge >= 0.3 is 0 Å². The van der Waals surface area contributed by atoms with E-state index in [0.29, 0.717) is 5.92 Å². The average Bonchev–Trinajstić information content (AvgIpc) is 3.20. The molecule has 3 heterocycles. The van der Waals surface area contributed by atoms with Crippen molar-refractivity contribution in [2.24, 2.45) is 7.05 Å². The Bertz CT molecular complexity index is 1140. The highest BCUT2D eigenvalue weighted by atomic mass is 15.3. The maximum Gasteiger partial charge on any atom is 0.129 e. The number of hydrogen-bond acceptors (Lipinski definition) is 3. The lowest BCUT2D eigenvalue weighted by atomic mass is 9.81. The first kappa shape index (κ1) is 25.5. The van der Waals surface area contributed by atoms with E-state index in [1.165, 1.54) is 45.8 Å². The Hall–Kier alpha value is -2.62. The molecule has 1 N–H and O–H groups in total. The summed E-state index contributed by atoms with van der Waals surface area (Å²) in [4.78, 5) is 4.86. The SMILES string of the molecule is CCc1cc(C(C)(C)C)ccc1C(CC)Cc1cc(CCCc2ccc3c(n2)NCCC3)n(C)n1. The lowest BCUT2D eigenvalue weighted by molar-refractivity contribution is 0.585.